The molecule has 5 heteroatoms. The van der Waals surface area contributed by atoms with Crippen LogP contribution in [-0.4, -0.2) is 36.7 Å². The lowest BCUT2D eigenvalue weighted by Crippen LogP contribution is -2.37. The van der Waals surface area contributed by atoms with Gasteiger partial charge in [-0.2, -0.15) is 0 Å². The average Bonchev–Trinajstić information content (AvgIpc) is 3.00. The summed E-state index contributed by atoms with van der Waals surface area (Å²) in [7, 11) is -1.02. The van der Waals surface area contributed by atoms with Crippen LogP contribution in [0.1, 0.15) is 36.6 Å². The van der Waals surface area contributed by atoms with Gasteiger partial charge in [0.15, 0.2) is 9.84 Å². The van der Waals surface area contributed by atoms with Gasteiger partial charge in [-0.05, 0) is 37.1 Å². The molecule has 2 aromatic rings. The molecular weight excluding hydrogens is 320 g/mol. The van der Waals surface area contributed by atoms with E-state index in [-0.39, 0.29) is 11.5 Å². The van der Waals surface area contributed by atoms with E-state index in [0.717, 1.165) is 24.9 Å². The minimum Gasteiger partial charge on any atom is -0.353 e. The van der Waals surface area contributed by atoms with Crippen molar-refractivity contribution in [3.63, 3.8) is 0 Å². The fraction of sp³-hybridized carbons (Fsp3) is 0.474. The highest BCUT2D eigenvalue weighted by Gasteiger charge is 2.26. The van der Waals surface area contributed by atoms with E-state index in [2.05, 4.69) is 34.8 Å². The maximum Gasteiger partial charge on any atom is 0.155 e. The Labute approximate surface area is 145 Å². The molecule has 1 saturated heterocycles. The van der Waals surface area contributed by atoms with Gasteiger partial charge in [0.1, 0.15) is 0 Å². The van der Waals surface area contributed by atoms with E-state index in [1.807, 2.05) is 30.3 Å². The van der Waals surface area contributed by atoms with Crippen LogP contribution in [0.15, 0.2) is 48.7 Å². The maximum absolute atomic E-state index is 12.5. The number of nitrogens with zero attached hydrogens (tertiary/aromatic N) is 2. The molecule has 1 aromatic carbocycles. The molecule has 2 heterocycles. The zero-order valence-electron chi connectivity index (χ0n) is 14.3. The van der Waals surface area contributed by atoms with Gasteiger partial charge in [-0.3, -0.25) is 4.90 Å². The largest absolute Gasteiger partial charge is 0.353 e. The van der Waals surface area contributed by atoms with Crippen molar-refractivity contribution in [2.24, 2.45) is 7.05 Å². The highest BCUT2D eigenvalue weighted by atomic mass is 32.2. The number of likely N-dealkylation sites (tertiary alicyclic amines) is 1. The highest BCUT2D eigenvalue weighted by Crippen LogP contribution is 2.30. The number of benzene rings is 1. The van der Waals surface area contributed by atoms with Crippen LogP contribution in [0, 0.1) is 0 Å². The number of aromatic nitrogens is 1. The van der Waals surface area contributed by atoms with E-state index in [0.29, 0.717) is 12.6 Å². The summed E-state index contributed by atoms with van der Waals surface area (Å²) in [5.41, 5.74) is 2.16. The lowest BCUT2D eigenvalue weighted by molar-refractivity contribution is 0.152. The fourth-order valence-corrected chi connectivity index (χ4v) is 4.93. The van der Waals surface area contributed by atoms with Crippen LogP contribution in [0.5, 0.6) is 0 Å². The monoisotopic (exact) mass is 346 g/mol. The SMILES string of the molecule is Cn1cccc1C1CCCCN1CCS(=O)(=O)Cc1ccccc1. The molecule has 0 spiro atoms. The van der Waals surface area contributed by atoms with Crippen molar-refractivity contribution in [1.29, 1.82) is 0 Å². The number of hydrogen-bond acceptors (Lipinski definition) is 3. The van der Waals surface area contributed by atoms with E-state index >= 15 is 0 Å². The Hall–Kier alpha value is -1.59. The van der Waals surface area contributed by atoms with Crippen LogP contribution in [0.25, 0.3) is 0 Å². The Bertz CT molecular complexity index is 753. The van der Waals surface area contributed by atoms with Gasteiger partial charge in [0, 0.05) is 25.5 Å². The van der Waals surface area contributed by atoms with Crippen molar-refractivity contribution in [2.75, 3.05) is 18.8 Å². The van der Waals surface area contributed by atoms with Crippen LogP contribution in [0.3, 0.4) is 0 Å². The predicted molar refractivity (Wildman–Crippen MR) is 97.5 cm³/mol. The number of piperidine rings is 1. The normalized spacial score (nSPS) is 19.5. The van der Waals surface area contributed by atoms with Crippen LogP contribution in [0.2, 0.25) is 0 Å². The number of aryl methyl sites for hydroxylation is 1. The van der Waals surface area contributed by atoms with Crippen molar-refractivity contribution in [3.8, 4) is 0 Å². The van der Waals surface area contributed by atoms with Crippen molar-refractivity contribution >= 4 is 9.84 Å². The minimum absolute atomic E-state index is 0.135. The second-order valence-electron chi connectivity index (χ2n) is 6.67. The molecule has 0 N–H and O–H groups in total. The summed E-state index contributed by atoms with van der Waals surface area (Å²) in [5, 5.41) is 0. The fourth-order valence-electron chi connectivity index (χ4n) is 3.57. The first-order valence-electron chi connectivity index (χ1n) is 8.65. The standard InChI is InChI=1S/C19H26N2O2S/c1-20-12-7-11-18(20)19-10-5-6-13-21(19)14-15-24(22,23)16-17-8-3-2-4-9-17/h2-4,7-9,11-12,19H,5-6,10,13-16H2,1H3. The molecule has 4 nitrogen and oxygen atoms in total. The summed E-state index contributed by atoms with van der Waals surface area (Å²) in [6, 6.07) is 14.0. The summed E-state index contributed by atoms with van der Waals surface area (Å²) in [6.07, 6.45) is 5.54. The molecule has 0 saturated carbocycles. The summed E-state index contributed by atoms with van der Waals surface area (Å²) in [5.74, 6) is 0.360. The third-order valence-corrected chi connectivity index (χ3v) is 6.44. The molecule has 1 fully saturated rings. The van der Waals surface area contributed by atoms with Crippen LogP contribution >= 0.6 is 0 Å². The zero-order chi connectivity index (χ0) is 17.0. The Kier molecular flexibility index (Phi) is 5.41. The highest BCUT2D eigenvalue weighted by molar-refractivity contribution is 7.90. The first-order chi connectivity index (χ1) is 11.6. The predicted octanol–water partition coefficient (Wildman–Crippen LogP) is 3.17. The van der Waals surface area contributed by atoms with Crippen molar-refractivity contribution in [1.82, 2.24) is 9.47 Å². The third kappa shape index (κ3) is 4.28. The minimum atomic E-state index is -3.08. The van der Waals surface area contributed by atoms with E-state index < -0.39 is 9.84 Å². The van der Waals surface area contributed by atoms with E-state index in [1.54, 1.807) is 0 Å². The van der Waals surface area contributed by atoms with Crippen molar-refractivity contribution in [2.45, 2.75) is 31.1 Å². The molecule has 1 atom stereocenters. The Morgan fingerprint density at radius 3 is 2.58 bits per heavy atom. The van der Waals surface area contributed by atoms with E-state index in [9.17, 15) is 8.42 Å². The lowest BCUT2D eigenvalue weighted by atomic mass is 9.99. The summed E-state index contributed by atoms with van der Waals surface area (Å²) >= 11 is 0. The molecular formula is C19H26N2O2S. The van der Waals surface area contributed by atoms with Gasteiger partial charge >= 0.3 is 0 Å². The number of sulfone groups is 1. The van der Waals surface area contributed by atoms with Gasteiger partial charge in [-0.15, -0.1) is 0 Å². The average molecular weight is 346 g/mol. The summed E-state index contributed by atoms with van der Waals surface area (Å²) in [6.45, 7) is 1.60. The second kappa shape index (κ2) is 7.53. The van der Waals surface area contributed by atoms with Crippen molar-refractivity contribution in [3.05, 3.63) is 59.9 Å². The Balaban J connectivity index is 1.64. The zero-order valence-corrected chi connectivity index (χ0v) is 15.1. The van der Waals surface area contributed by atoms with Gasteiger partial charge in [0.05, 0.1) is 17.5 Å². The molecule has 1 aliphatic rings. The molecule has 1 aliphatic heterocycles. The van der Waals surface area contributed by atoms with E-state index in [4.69, 9.17) is 0 Å². The van der Waals surface area contributed by atoms with Gasteiger partial charge in [0.2, 0.25) is 0 Å². The molecule has 24 heavy (non-hydrogen) atoms. The Morgan fingerprint density at radius 2 is 1.88 bits per heavy atom. The molecule has 0 radical (unpaired) electrons. The first kappa shape index (κ1) is 17.2. The topological polar surface area (TPSA) is 42.3 Å². The first-order valence-corrected chi connectivity index (χ1v) is 10.5. The van der Waals surface area contributed by atoms with Gasteiger partial charge in [-0.25, -0.2) is 8.42 Å². The van der Waals surface area contributed by atoms with Crippen LogP contribution in [0.4, 0.5) is 0 Å². The summed E-state index contributed by atoms with van der Waals surface area (Å²) < 4.78 is 27.1. The van der Waals surface area contributed by atoms with Gasteiger partial charge < -0.3 is 4.57 Å². The number of hydrogen-bond donors (Lipinski definition) is 0. The lowest BCUT2D eigenvalue weighted by Gasteiger charge is -2.36. The quantitative estimate of drug-likeness (QED) is 0.807. The maximum atomic E-state index is 12.5. The van der Waals surface area contributed by atoms with Gasteiger partial charge in [0.25, 0.3) is 0 Å². The van der Waals surface area contributed by atoms with Crippen LogP contribution in [-0.2, 0) is 22.6 Å². The van der Waals surface area contributed by atoms with Gasteiger partial charge in [-0.1, -0.05) is 36.8 Å². The number of rotatable bonds is 6. The Morgan fingerprint density at radius 1 is 1.08 bits per heavy atom. The molecule has 0 amide bonds. The van der Waals surface area contributed by atoms with Crippen molar-refractivity contribution < 1.29 is 8.42 Å². The third-order valence-electron chi connectivity index (χ3n) is 4.86. The summed E-state index contributed by atoms with van der Waals surface area (Å²) in [4.78, 5) is 2.35. The molecule has 130 valence electrons. The molecule has 0 aliphatic carbocycles. The van der Waals surface area contributed by atoms with E-state index in [1.165, 1.54) is 12.1 Å². The second-order valence-corrected chi connectivity index (χ2v) is 8.85. The molecule has 1 aromatic heterocycles. The molecule has 1 unspecified atom stereocenters. The van der Waals surface area contributed by atoms with Crippen LogP contribution < -0.4 is 0 Å². The molecule has 3 rings (SSSR count). The smallest absolute Gasteiger partial charge is 0.155 e. The molecule has 0 bridgehead atoms.